The number of hydrogen-bond acceptors (Lipinski definition) is 5. The van der Waals surface area contributed by atoms with Crippen LogP contribution in [0.25, 0.3) is 11.3 Å². The Morgan fingerprint density at radius 2 is 1.96 bits per heavy atom. The molecule has 0 spiro atoms. The highest BCUT2D eigenvalue weighted by Gasteiger charge is 2.10. The molecule has 0 aliphatic carbocycles. The summed E-state index contributed by atoms with van der Waals surface area (Å²) in [6, 6.07) is 13.0. The molecule has 0 atom stereocenters. The molecule has 0 saturated carbocycles. The highest BCUT2D eigenvalue weighted by molar-refractivity contribution is 9.10. The Morgan fingerprint density at radius 1 is 1.19 bits per heavy atom. The van der Waals surface area contributed by atoms with Crippen molar-refractivity contribution in [3.8, 4) is 22.8 Å². The number of anilines is 1. The van der Waals surface area contributed by atoms with Crippen LogP contribution in [0, 0.1) is 0 Å². The molecule has 1 amide bonds. The summed E-state index contributed by atoms with van der Waals surface area (Å²) in [6.07, 6.45) is 0. The molecular weight excluding hydrogens is 484 g/mol. The van der Waals surface area contributed by atoms with Crippen molar-refractivity contribution < 1.29 is 14.3 Å². The average Bonchev–Trinajstić information content (AvgIpc) is 3.09. The molecule has 0 fully saturated rings. The van der Waals surface area contributed by atoms with Crippen molar-refractivity contribution in [2.45, 2.75) is 0 Å². The zero-order chi connectivity index (χ0) is 18.5. The lowest BCUT2D eigenvalue weighted by Crippen LogP contribution is -2.20. The van der Waals surface area contributed by atoms with Crippen LogP contribution in [0.4, 0.5) is 5.13 Å². The molecule has 1 aromatic heterocycles. The van der Waals surface area contributed by atoms with Crippen molar-refractivity contribution in [2.75, 3.05) is 19.0 Å². The van der Waals surface area contributed by atoms with Crippen LogP contribution in [0.15, 0.2) is 56.8 Å². The largest absolute Gasteiger partial charge is 0.496 e. The van der Waals surface area contributed by atoms with Gasteiger partial charge in [0, 0.05) is 15.4 Å². The standard InChI is InChI=1S/C18H14Br2N2O3S/c1-24-16-7-2-11(8-14(16)20)15-10-26-18(21-15)22-17(23)9-25-13-5-3-12(19)4-6-13/h2-8,10H,9H2,1H3,(H,21,22,23). The summed E-state index contributed by atoms with van der Waals surface area (Å²) in [7, 11) is 1.62. The fraction of sp³-hybridized carbons (Fsp3) is 0.111. The molecule has 26 heavy (non-hydrogen) atoms. The second kappa shape index (κ2) is 8.66. The third-order valence-corrected chi connectivity index (χ3v) is 5.29. The minimum absolute atomic E-state index is 0.0787. The van der Waals surface area contributed by atoms with Crippen molar-refractivity contribution >= 4 is 54.2 Å². The summed E-state index contributed by atoms with van der Waals surface area (Å²) in [6.45, 7) is -0.0787. The smallest absolute Gasteiger partial charge is 0.264 e. The number of aromatic nitrogens is 1. The summed E-state index contributed by atoms with van der Waals surface area (Å²) in [5.41, 5.74) is 1.71. The maximum absolute atomic E-state index is 12.0. The molecule has 1 N–H and O–H groups in total. The molecule has 1 heterocycles. The Balaban J connectivity index is 1.60. The Morgan fingerprint density at radius 3 is 2.65 bits per heavy atom. The first kappa shape index (κ1) is 18.9. The highest BCUT2D eigenvalue weighted by atomic mass is 79.9. The zero-order valence-electron chi connectivity index (χ0n) is 13.7. The molecule has 0 bridgehead atoms. The molecule has 0 radical (unpaired) electrons. The van der Waals surface area contributed by atoms with Crippen LogP contribution in [-0.4, -0.2) is 24.6 Å². The Hall–Kier alpha value is -1.90. The first-order valence-corrected chi connectivity index (χ1v) is 9.99. The SMILES string of the molecule is COc1ccc(-c2csc(NC(=O)COc3ccc(Br)cc3)n2)cc1Br. The van der Waals surface area contributed by atoms with E-state index in [9.17, 15) is 4.79 Å². The zero-order valence-corrected chi connectivity index (χ0v) is 17.7. The normalized spacial score (nSPS) is 10.4. The second-order valence-electron chi connectivity index (χ2n) is 5.18. The van der Waals surface area contributed by atoms with Gasteiger partial charge in [-0.15, -0.1) is 11.3 Å². The Kier molecular flexibility index (Phi) is 6.29. The van der Waals surface area contributed by atoms with E-state index in [2.05, 4.69) is 42.2 Å². The van der Waals surface area contributed by atoms with Crippen LogP contribution in [0.5, 0.6) is 11.5 Å². The predicted molar refractivity (Wildman–Crippen MR) is 110 cm³/mol. The van der Waals surface area contributed by atoms with Gasteiger partial charge in [-0.1, -0.05) is 15.9 Å². The van der Waals surface area contributed by atoms with Gasteiger partial charge in [-0.3, -0.25) is 10.1 Å². The first-order chi connectivity index (χ1) is 12.5. The van der Waals surface area contributed by atoms with Gasteiger partial charge in [0.1, 0.15) is 11.5 Å². The van der Waals surface area contributed by atoms with E-state index in [0.29, 0.717) is 10.9 Å². The molecule has 3 aromatic rings. The van der Waals surface area contributed by atoms with Crippen molar-refractivity contribution in [1.82, 2.24) is 4.98 Å². The second-order valence-corrected chi connectivity index (χ2v) is 7.81. The van der Waals surface area contributed by atoms with Gasteiger partial charge < -0.3 is 9.47 Å². The molecule has 134 valence electrons. The monoisotopic (exact) mass is 496 g/mol. The number of hydrogen-bond donors (Lipinski definition) is 1. The number of benzene rings is 2. The van der Waals surface area contributed by atoms with Gasteiger partial charge in [0.15, 0.2) is 11.7 Å². The third kappa shape index (κ3) is 4.84. The fourth-order valence-electron chi connectivity index (χ4n) is 2.12. The van der Waals surface area contributed by atoms with Crippen molar-refractivity contribution in [3.05, 3.63) is 56.8 Å². The molecule has 2 aromatic carbocycles. The van der Waals surface area contributed by atoms with E-state index in [1.807, 2.05) is 35.7 Å². The molecule has 5 nitrogen and oxygen atoms in total. The lowest BCUT2D eigenvalue weighted by atomic mass is 10.2. The third-order valence-electron chi connectivity index (χ3n) is 3.38. The molecule has 0 saturated heterocycles. The highest BCUT2D eigenvalue weighted by Crippen LogP contribution is 2.32. The number of methoxy groups -OCH3 is 1. The van der Waals surface area contributed by atoms with Gasteiger partial charge in [0.25, 0.3) is 5.91 Å². The van der Waals surface area contributed by atoms with E-state index in [1.54, 1.807) is 19.2 Å². The van der Waals surface area contributed by atoms with Gasteiger partial charge in [-0.25, -0.2) is 4.98 Å². The number of nitrogens with zero attached hydrogens (tertiary/aromatic N) is 1. The van der Waals surface area contributed by atoms with E-state index in [-0.39, 0.29) is 12.5 Å². The molecule has 8 heteroatoms. The van der Waals surface area contributed by atoms with E-state index < -0.39 is 0 Å². The Bertz CT molecular complexity index is 913. The van der Waals surface area contributed by atoms with E-state index >= 15 is 0 Å². The number of nitrogens with one attached hydrogen (secondary N) is 1. The number of carbonyl (C=O) groups excluding carboxylic acids is 1. The lowest BCUT2D eigenvalue weighted by Gasteiger charge is -2.06. The molecule has 0 aliphatic heterocycles. The summed E-state index contributed by atoms with van der Waals surface area (Å²) >= 11 is 8.17. The number of ether oxygens (including phenoxy) is 2. The maximum atomic E-state index is 12.0. The van der Waals surface area contributed by atoms with Crippen molar-refractivity contribution in [2.24, 2.45) is 0 Å². The molecule has 3 rings (SSSR count). The van der Waals surface area contributed by atoms with Crippen LogP contribution < -0.4 is 14.8 Å². The number of rotatable bonds is 6. The fourth-order valence-corrected chi connectivity index (χ4v) is 3.67. The van der Waals surface area contributed by atoms with Gasteiger partial charge in [0.2, 0.25) is 0 Å². The first-order valence-electron chi connectivity index (χ1n) is 7.53. The molecule has 0 unspecified atom stereocenters. The minimum Gasteiger partial charge on any atom is -0.496 e. The summed E-state index contributed by atoms with van der Waals surface area (Å²) in [5, 5.41) is 5.16. The van der Waals surface area contributed by atoms with Gasteiger partial charge >= 0.3 is 0 Å². The van der Waals surface area contributed by atoms with E-state index in [0.717, 1.165) is 26.0 Å². The summed E-state index contributed by atoms with van der Waals surface area (Å²) < 4.78 is 12.5. The summed E-state index contributed by atoms with van der Waals surface area (Å²) in [5.74, 6) is 1.12. The minimum atomic E-state index is -0.260. The molecule has 0 aliphatic rings. The quantitative estimate of drug-likeness (QED) is 0.497. The predicted octanol–water partition coefficient (Wildman–Crippen LogP) is 5.36. The van der Waals surface area contributed by atoms with Crippen molar-refractivity contribution in [3.63, 3.8) is 0 Å². The molecular formula is C18H14Br2N2O3S. The number of thiazole rings is 1. The van der Waals surface area contributed by atoms with Crippen molar-refractivity contribution in [1.29, 1.82) is 0 Å². The van der Waals surface area contributed by atoms with Crippen LogP contribution in [-0.2, 0) is 4.79 Å². The van der Waals surface area contributed by atoms with Gasteiger partial charge in [0.05, 0.1) is 17.3 Å². The lowest BCUT2D eigenvalue weighted by molar-refractivity contribution is -0.118. The van der Waals surface area contributed by atoms with Gasteiger partial charge in [-0.2, -0.15) is 0 Å². The number of amides is 1. The van der Waals surface area contributed by atoms with E-state index in [4.69, 9.17) is 9.47 Å². The van der Waals surface area contributed by atoms with Gasteiger partial charge in [-0.05, 0) is 58.4 Å². The maximum Gasteiger partial charge on any atom is 0.264 e. The van der Waals surface area contributed by atoms with E-state index in [1.165, 1.54) is 11.3 Å². The van der Waals surface area contributed by atoms with Crippen LogP contribution in [0.3, 0.4) is 0 Å². The number of halogens is 2. The van der Waals surface area contributed by atoms with Crippen LogP contribution >= 0.6 is 43.2 Å². The topological polar surface area (TPSA) is 60.5 Å². The number of carbonyl (C=O) groups is 1. The van der Waals surface area contributed by atoms with Crippen LogP contribution in [0.2, 0.25) is 0 Å². The Labute approximate surface area is 171 Å². The summed E-state index contributed by atoms with van der Waals surface area (Å²) in [4.78, 5) is 16.5. The average molecular weight is 498 g/mol. The van der Waals surface area contributed by atoms with Crippen LogP contribution in [0.1, 0.15) is 0 Å².